The third-order valence-corrected chi connectivity index (χ3v) is 5.22. The highest BCUT2D eigenvalue weighted by molar-refractivity contribution is 9.10. The van der Waals surface area contributed by atoms with Crippen LogP contribution in [0.15, 0.2) is 81.9 Å². The van der Waals surface area contributed by atoms with Crippen LogP contribution in [0.2, 0.25) is 0 Å². The van der Waals surface area contributed by atoms with E-state index in [9.17, 15) is 14.9 Å². The molecule has 0 bridgehead atoms. The molecule has 0 saturated heterocycles. The standard InChI is InChI=1S/C24H17BrN2O5/c1-15-8-9-18(13-22(15)27(29)30)23-26-21(24(28)32-23)12-16-4-3-7-20(11-16)31-14-17-5-2-6-19(25)10-17/h2-13H,14H2,1H3/b21-12-. The third kappa shape index (κ3) is 4.92. The Balaban J connectivity index is 1.54. The van der Waals surface area contributed by atoms with E-state index in [0.717, 1.165) is 10.0 Å². The third-order valence-electron chi connectivity index (χ3n) is 4.73. The Morgan fingerprint density at radius 1 is 1.12 bits per heavy atom. The van der Waals surface area contributed by atoms with Gasteiger partial charge in [0, 0.05) is 21.7 Å². The van der Waals surface area contributed by atoms with Crippen LogP contribution >= 0.6 is 15.9 Å². The van der Waals surface area contributed by atoms with Crippen molar-refractivity contribution in [1.82, 2.24) is 0 Å². The zero-order valence-electron chi connectivity index (χ0n) is 16.9. The summed E-state index contributed by atoms with van der Waals surface area (Å²) in [6.45, 7) is 2.04. The maximum Gasteiger partial charge on any atom is 0.363 e. The van der Waals surface area contributed by atoms with E-state index in [1.165, 1.54) is 6.07 Å². The molecule has 0 atom stereocenters. The van der Waals surface area contributed by atoms with Crippen molar-refractivity contribution < 1.29 is 19.2 Å². The van der Waals surface area contributed by atoms with Crippen molar-refractivity contribution in [3.05, 3.63) is 109 Å². The lowest BCUT2D eigenvalue weighted by atomic mass is 10.1. The van der Waals surface area contributed by atoms with E-state index in [0.29, 0.717) is 29.0 Å². The number of aryl methyl sites for hydroxylation is 1. The highest BCUT2D eigenvalue weighted by Gasteiger charge is 2.25. The molecule has 0 amide bonds. The van der Waals surface area contributed by atoms with Crippen LogP contribution in [0.25, 0.3) is 6.08 Å². The summed E-state index contributed by atoms with van der Waals surface area (Å²) in [5.41, 5.74) is 2.65. The van der Waals surface area contributed by atoms with Crippen LogP contribution in [0.3, 0.4) is 0 Å². The number of carbonyl (C=O) groups excluding carboxylic acids is 1. The molecule has 0 saturated carbocycles. The number of hydrogen-bond acceptors (Lipinski definition) is 6. The van der Waals surface area contributed by atoms with E-state index < -0.39 is 10.9 Å². The second-order valence-electron chi connectivity index (χ2n) is 7.09. The van der Waals surface area contributed by atoms with E-state index in [1.54, 1.807) is 31.2 Å². The summed E-state index contributed by atoms with van der Waals surface area (Å²) in [7, 11) is 0. The van der Waals surface area contributed by atoms with Crippen LogP contribution in [0.1, 0.15) is 22.3 Å². The molecule has 1 heterocycles. The molecule has 0 spiro atoms. The molecule has 3 aromatic rings. The zero-order valence-corrected chi connectivity index (χ0v) is 18.5. The molecular weight excluding hydrogens is 476 g/mol. The SMILES string of the molecule is Cc1ccc(C2=N/C(=C\c3cccc(OCc4cccc(Br)c4)c3)C(=O)O2)cc1[N+](=O)[O-]. The number of aliphatic imine (C=N–C) groups is 1. The lowest BCUT2D eigenvalue weighted by Gasteiger charge is -2.07. The fourth-order valence-corrected chi connectivity index (χ4v) is 3.56. The van der Waals surface area contributed by atoms with Crippen molar-refractivity contribution >= 4 is 39.6 Å². The smallest absolute Gasteiger partial charge is 0.363 e. The Labute approximate surface area is 192 Å². The number of nitro benzene ring substituents is 1. The predicted molar refractivity (Wildman–Crippen MR) is 123 cm³/mol. The molecule has 1 aliphatic heterocycles. The van der Waals surface area contributed by atoms with E-state index in [2.05, 4.69) is 20.9 Å². The van der Waals surface area contributed by atoms with Gasteiger partial charge in [-0.1, -0.05) is 46.3 Å². The molecule has 0 N–H and O–H groups in total. The first-order chi connectivity index (χ1) is 15.4. The van der Waals surface area contributed by atoms with Crippen molar-refractivity contribution in [3.8, 4) is 5.75 Å². The predicted octanol–water partition coefficient (Wildman–Crippen LogP) is 5.59. The summed E-state index contributed by atoms with van der Waals surface area (Å²) in [4.78, 5) is 27.2. The molecule has 0 fully saturated rings. The summed E-state index contributed by atoms with van der Waals surface area (Å²) in [5.74, 6) is 0.0548. The van der Waals surface area contributed by atoms with E-state index in [1.807, 2.05) is 42.5 Å². The number of nitro groups is 1. The Morgan fingerprint density at radius 3 is 2.72 bits per heavy atom. The molecule has 8 heteroatoms. The number of carbonyl (C=O) groups is 1. The van der Waals surface area contributed by atoms with Gasteiger partial charge in [0.25, 0.3) is 5.69 Å². The number of ether oxygens (including phenoxy) is 2. The van der Waals surface area contributed by atoms with Gasteiger partial charge in [0.15, 0.2) is 5.70 Å². The summed E-state index contributed by atoms with van der Waals surface area (Å²) < 4.78 is 12.1. The molecule has 0 unspecified atom stereocenters. The fraction of sp³-hybridized carbons (Fsp3) is 0.0833. The summed E-state index contributed by atoms with van der Waals surface area (Å²) >= 11 is 3.44. The van der Waals surface area contributed by atoms with E-state index >= 15 is 0 Å². The van der Waals surface area contributed by atoms with Crippen LogP contribution < -0.4 is 4.74 Å². The molecule has 160 valence electrons. The van der Waals surface area contributed by atoms with Gasteiger partial charge in [-0.05, 0) is 54.5 Å². The second-order valence-corrected chi connectivity index (χ2v) is 8.00. The maximum absolute atomic E-state index is 12.3. The highest BCUT2D eigenvalue weighted by atomic mass is 79.9. The Hall–Kier alpha value is -3.78. The molecular formula is C24H17BrN2O5. The Kier molecular flexibility index (Phi) is 6.13. The molecule has 4 rings (SSSR count). The van der Waals surface area contributed by atoms with Crippen LogP contribution in [-0.4, -0.2) is 16.8 Å². The molecule has 0 radical (unpaired) electrons. The van der Waals surface area contributed by atoms with Gasteiger partial charge < -0.3 is 9.47 Å². The number of hydrogen-bond donors (Lipinski definition) is 0. The number of benzene rings is 3. The van der Waals surface area contributed by atoms with Gasteiger partial charge in [0.2, 0.25) is 5.90 Å². The number of esters is 1. The minimum Gasteiger partial charge on any atom is -0.489 e. The molecule has 32 heavy (non-hydrogen) atoms. The van der Waals surface area contributed by atoms with E-state index in [4.69, 9.17) is 9.47 Å². The van der Waals surface area contributed by atoms with Gasteiger partial charge >= 0.3 is 5.97 Å². The normalized spacial score (nSPS) is 14.2. The van der Waals surface area contributed by atoms with Gasteiger partial charge in [-0.25, -0.2) is 9.79 Å². The summed E-state index contributed by atoms with van der Waals surface area (Å²) in [6, 6.07) is 19.7. The first-order valence-electron chi connectivity index (χ1n) is 9.64. The number of halogens is 1. The van der Waals surface area contributed by atoms with Gasteiger partial charge in [-0.2, -0.15) is 0 Å². The van der Waals surface area contributed by atoms with Crippen LogP contribution in [0, 0.1) is 17.0 Å². The minimum atomic E-state index is -0.622. The van der Waals surface area contributed by atoms with Crippen LogP contribution in [0.5, 0.6) is 5.75 Å². The maximum atomic E-state index is 12.3. The molecule has 1 aliphatic rings. The lowest BCUT2D eigenvalue weighted by Crippen LogP contribution is -2.06. The molecule has 0 aliphatic carbocycles. The summed E-state index contributed by atoms with van der Waals surface area (Å²) in [5, 5.41) is 11.2. The average molecular weight is 493 g/mol. The first kappa shape index (κ1) is 21.5. The van der Waals surface area contributed by atoms with Gasteiger partial charge in [0.05, 0.1) is 4.92 Å². The van der Waals surface area contributed by atoms with Crippen LogP contribution in [0.4, 0.5) is 5.69 Å². The first-order valence-corrected chi connectivity index (χ1v) is 10.4. The van der Waals surface area contributed by atoms with Crippen molar-refractivity contribution in [2.24, 2.45) is 4.99 Å². The van der Waals surface area contributed by atoms with Crippen molar-refractivity contribution in [2.75, 3.05) is 0 Å². The zero-order chi connectivity index (χ0) is 22.7. The topological polar surface area (TPSA) is 91.0 Å². The van der Waals surface area contributed by atoms with E-state index in [-0.39, 0.29) is 17.3 Å². The number of nitrogens with zero attached hydrogens (tertiary/aromatic N) is 2. The number of cyclic esters (lactones) is 1. The minimum absolute atomic E-state index is 0.0337. The largest absolute Gasteiger partial charge is 0.489 e. The fourth-order valence-electron chi connectivity index (χ4n) is 3.12. The second kappa shape index (κ2) is 9.15. The summed E-state index contributed by atoms with van der Waals surface area (Å²) in [6.07, 6.45) is 1.59. The van der Waals surface area contributed by atoms with Gasteiger partial charge in [0.1, 0.15) is 12.4 Å². The van der Waals surface area contributed by atoms with Crippen molar-refractivity contribution in [1.29, 1.82) is 0 Å². The number of rotatable bonds is 6. The molecule has 7 nitrogen and oxygen atoms in total. The molecule has 0 aromatic heterocycles. The molecule has 3 aromatic carbocycles. The lowest BCUT2D eigenvalue weighted by molar-refractivity contribution is -0.385. The van der Waals surface area contributed by atoms with Gasteiger partial charge in [-0.15, -0.1) is 0 Å². The Morgan fingerprint density at radius 2 is 1.94 bits per heavy atom. The van der Waals surface area contributed by atoms with Crippen LogP contribution in [-0.2, 0) is 16.1 Å². The monoisotopic (exact) mass is 492 g/mol. The van der Waals surface area contributed by atoms with Crippen molar-refractivity contribution in [3.63, 3.8) is 0 Å². The average Bonchev–Trinajstić information content (AvgIpc) is 3.13. The quantitative estimate of drug-likeness (QED) is 0.193. The highest BCUT2D eigenvalue weighted by Crippen LogP contribution is 2.25. The van der Waals surface area contributed by atoms with Crippen molar-refractivity contribution in [2.45, 2.75) is 13.5 Å². The van der Waals surface area contributed by atoms with Gasteiger partial charge in [-0.3, -0.25) is 10.1 Å². The Bertz CT molecular complexity index is 1280.